The fourth-order valence-corrected chi connectivity index (χ4v) is 4.86. The summed E-state index contributed by atoms with van der Waals surface area (Å²) in [6.07, 6.45) is 0. The summed E-state index contributed by atoms with van der Waals surface area (Å²) in [5, 5.41) is 3.44. The van der Waals surface area contributed by atoms with Gasteiger partial charge >= 0.3 is 0 Å². The normalized spacial score (nSPS) is 10.6. The molecule has 0 heterocycles. The molecule has 0 aliphatic heterocycles. The summed E-state index contributed by atoms with van der Waals surface area (Å²) in [6, 6.07) is 10.4. The van der Waals surface area contributed by atoms with E-state index in [4.69, 9.17) is 0 Å². The highest BCUT2D eigenvalue weighted by Gasteiger charge is 2.07. The minimum absolute atomic E-state index is 0.764. The zero-order valence-corrected chi connectivity index (χ0v) is 16.4. The lowest BCUT2D eigenvalue weighted by molar-refractivity contribution is 1.12. The summed E-state index contributed by atoms with van der Waals surface area (Å²) in [5.41, 5.74) is 3.53. The zero-order valence-electron chi connectivity index (χ0n) is 10.1. The van der Waals surface area contributed by atoms with Crippen LogP contribution in [0.4, 0.5) is 5.69 Å². The van der Waals surface area contributed by atoms with Crippen molar-refractivity contribution in [2.24, 2.45) is 0 Å². The van der Waals surface area contributed by atoms with Crippen LogP contribution in [-0.2, 0) is 6.54 Å². The molecule has 0 aliphatic carbocycles. The predicted octanol–water partition coefficient (Wildman–Crippen LogP) is 6.66. The van der Waals surface area contributed by atoms with Crippen molar-refractivity contribution in [3.8, 4) is 0 Å². The molecular weight excluding hydrogens is 502 g/mol. The lowest BCUT2D eigenvalue weighted by atomic mass is 10.1. The van der Waals surface area contributed by atoms with Crippen LogP contribution in [0.15, 0.2) is 48.2 Å². The van der Waals surface area contributed by atoms with Crippen molar-refractivity contribution in [3.05, 3.63) is 59.3 Å². The van der Waals surface area contributed by atoms with E-state index in [0.717, 1.165) is 30.1 Å². The van der Waals surface area contributed by atoms with Crippen LogP contribution in [0.5, 0.6) is 0 Å². The highest BCUT2D eigenvalue weighted by Crippen LogP contribution is 2.35. The average molecular weight is 513 g/mol. The molecule has 0 bridgehead atoms. The van der Waals surface area contributed by atoms with Gasteiger partial charge in [-0.05, 0) is 68.1 Å². The van der Waals surface area contributed by atoms with Gasteiger partial charge < -0.3 is 5.32 Å². The molecule has 0 unspecified atom stereocenters. The molecule has 0 aliphatic rings. The van der Waals surface area contributed by atoms with Crippen molar-refractivity contribution in [3.63, 3.8) is 0 Å². The fourth-order valence-electron chi connectivity index (χ4n) is 1.69. The van der Waals surface area contributed by atoms with Crippen LogP contribution in [0.25, 0.3) is 0 Å². The van der Waals surface area contributed by atoms with Gasteiger partial charge in [-0.25, -0.2) is 0 Å². The molecule has 5 heteroatoms. The maximum atomic E-state index is 3.60. The largest absolute Gasteiger partial charge is 0.379 e. The summed E-state index contributed by atoms with van der Waals surface area (Å²) < 4.78 is 4.21. The third-order valence-electron chi connectivity index (χ3n) is 2.67. The summed E-state index contributed by atoms with van der Waals surface area (Å²) in [6.45, 7) is 2.85. The van der Waals surface area contributed by atoms with E-state index in [1.165, 1.54) is 11.1 Å². The van der Waals surface area contributed by atoms with E-state index in [0.29, 0.717) is 0 Å². The molecule has 100 valence electrons. The molecule has 2 aromatic rings. The third kappa shape index (κ3) is 4.06. The van der Waals surface area contributed by atoms with E-state index in [1.807, 2.05) is 12.1 Å². The molecule has 0 fully saturated rings. The monoisotopic (exact) mass is 509 g/mol. The minimum Gasteiger partial charge on any atom is -0.379 e. The standard InChI is InChI=1S/C14H11Br4N/c1-8-2-3-9(11(16)4-8)7-19-14-12(17)5-10(15)6-13(14)18/h2-6,19H,7H2,1H3. The summed E-state index contributed by atoms with van der Waals surface area (Å²) in [7, 11) is 0. The van der Waals surface area contributed by atoms with Gasteiger partial charge in [-0.3, -0.25) is 0 Å². The Kier molecular flexibility index (Phi) is 5.52. The van der Waals surface area contributed by atoms with Gasteiger partial charge in [0, 0.05) is 24.4 Å². The summed E-state index contributed by atoms with van der Waals surface area (Å²) in [4.78, 5) is 0. The van der Waals surface area contributed by atoms with E-state index in [1.54, 1.807) is 0 Å². The smallest absolute Gasteiger partial charge is 0.0632 e. The highest BCUT2D eigenvalue weighted by atomic mass is 79.9. The quantitative estimate of drug-likeness (QED) is 0.485. The van der Waals surface area contributed by atoms with Gasteiger partial charge in [-0.15, -0.1) is 0 Å². The molecule has 0 spiro atoms. The number of nitrogens with one attached hydrogen (secondary N) is 1. The van der Waals surface area contributed by atoms with Crippen LogP contribution >= 0.6 is 63.7 Å². The predicted molar refractivity (Wildman–Crippen MR) is 95.7 cm³/mol. The van der Waals surface area contributed by atoms with Gasteiger partial charge in [0.15, 0.2) is 0 Å². The Morgan fingerprint density at radius 2 is 1.53 bits per heavy atom. The molecule has 0 saturated heterocycles. The number of aryl methyl sites for hydroxylation is 1. The molecule has 0 aromatic heterocycles. The Morgan fingerprint density at radius 1 is 0.895 bits per heavy atom. The second kappa shape index (κ2) is 6.74. The van der Waals surface area contributed by atoms with Gasteiger partial charge in [0.25, 0.3) is 0 Å². The first-order chi connectivity index (χ1) is 8.97. The van der Waals surface area contributed by atoms with Crippen molar-refractivity contribution in [2.75, 3.05) is 5.32 Å². The molecular formula is C14H11Br4N. The fraction of sp³-hybridized carbons (Fsp3) is 0.143. The van der Waals surface area contributed by atoms with E-state index < -0.39 is 0 Å². The van der Waals surface area contributed by atoms with E-state index >= 15 is 0 Å². The first-order valence-corrected chi connectivity index (χ1v) is 8.78. The molecule has 2 rings (SSSR count). The van der Waals surface area contributed by atoms with Crippen molar-refractivity contribution in [1.82, 2.24) is 0 Å². The maximum absolute atomic E-state index is 3.60. The lowest BCUT2D eigenvalue weighted by Crippen LogP contribution is -2.02. The number of hydrogen-bond donors (Lipinski definition) is 1. The van der Waals surface area contributed by atoms with Gasteiger partial charge in [0.1, 0.15) is 0 Å². The summed E-state index contributed by atoms with van der Waals surface area (Å²) >= 11 is 14.2. The Morgan fingerprint density at radius 3 is 2.11 bits per heavy atom. The van der Waals surface area contributed by atoms with Crippen LogP contribution in [0.2, 0.25) is 0 Å². The van der Waals surface area contributed by atoms with Crippen LogP contribution in [0, 0.1) is 6.92 Å². The van der Waals surface area contributed by atoms with Crippen LogP contribution in [-0.4, -0.2) is 0 Å². The maximum Gasteiger partial charge on any atom is 0.0632 e. The van der Waals surface area contributed by atoms with Crippen molar-refractivity contribution >= 4 is 69.4 Å². The Bertz CT molecular complexity index is 587. The topological polar surface area (TPSA) is 12.0 Å². The molecule has 2 aromatic carbocycles. The van der Waals surface area contributed by atoms with Gasteiger partial charge in [0.05, 0.1) is 5.69 Å². The second-order valence-electron chi connectivity index (χ2n) is 4.19. The van der Waals surface area contributed by atoms with Gasteiger partial charge in [-0.2, -0.15) is 0 Å². The highest BCUT2D eigenvalue weighted by molar-refractivity contribution is 9.11. The van der Waals surface area contributed by atoms with Crippen molar-refractivity contribution in [2.45, 2.75) is 13.5 Å². The van der Waals surface area contributed by atoms with E-state index in [2.05, 4.69) is 94.2 Å². The SMILES string of the molecule is Cc1ccc(CNc2c(Br)cc(Br)cc2Br)c(Br)c1. The van der Waals surface area contributed by atoms with E-state index in [9.17, 15) is 0 Å². The number of hydrogen-bond acceptors (Lipinski definition) is 1. The van der Waals surface area contributed by atoms with Crippen molar-refractivity contribution < 1.29 is 0 Å². The molecule has 0 atom stereocenters. The lowest BCUT2D eigenvalue weighted by Gasteiger charge is -2.13. The Labute approximate surface area is 146 Å². The molecule has 1 N–H and O–H groups in total. The molecule has 0 saturated carbocycles. The first-order valence-electron chi connectivity index (χ1n) is 5.61. The number of benzene rings is 2. The zero-order chi connectivity index (χ0) is 14.0. The Hall–Kier alpha value is 0.160. The van der Waals surface area contributed by atoms with Crippen LogP contribution in [0.1, 0.15) is 11.1 Å². The van der Waals surface area contributed by atoms with Crippen LogP contribution < -0.4 is 5.32 Å². The first kappa shape index (κ1) is 15.5. The van der Waals surface area contributed by atoms with Crippen LogP contribution in [0.3, 0.4) is 0 Å². The van der Waals surface area contributed by atoms with Gasteiger partial charge in [0.2, 0.25) is 0 Å². The second-order valence-corrected chi connectivity index (χ2v) is 7.67. The average Bonchev–Trinajstić information content (AvgIpc) is 2.30. The third-order valence-corrected chi connectivity index (χ3v) is 5.12. The number of anilines is 1. The van der Waals surface area contributed by atoms with E-state index in [-0.39, 0.29) is 0 Å². The molecule has 1 nitrogen and oxygen atoms in total. The van der Waals surface area contributed by atoms with Gasteiger partial charge in [-0.1, -0.05) is 44.0 Å². The molecule has 0 radical (unpaired) electrons. The number of halogens is 4. The van der Waals surface area contributed by atoms with Crippen molar-refractivity contribution in [1.29, 1.82) is 0 Å². The molecule has 19 heavy (non-hydrogen) atoms. The Balaban J connectivity index is 2.19. The summed E-state index contributed by atoms with van der Waals surface area (Å²) in [5.74, 6) is 0. The number of rotatable bonds is 3. The molecule has 0 amide bonds. The minimum atomic E-state index is 0.764.